The van der Waals surface area contributed by atoms with Crippen molar-refractivity contribution >= 4 is 41.5 Å². The van der Waals surface area contributed by atoms with Crippen LogP contribution in [0.1, 0.15) is 43.5 Å². The van der Waals surface area contributed by atoms with E-state index in [-0.39, 0.29) is 30.3 Å². The third kappa shape index (κ3) is 6.30. The fourth-order valence-corrected chi connectivity index (χ4v) is 2.84. The maximum absolute atomic E-state index is 12.2. The maximum atomic E-state index is 12.2. The van der Waals surface area contributed by atoms with Gasteiger partial charge in [0, 0.05) is 17.5 Å². The van der Waals surface area contributed by atoms with Gasteiger partial charge in [-0.2, -0.15) is 0 Å². The first-order chi connectivity index (χ1) is 11.0. The van der Waals surface area contributed by atoms with Gasteiger partial charge in [0.25, 0.3) is 5.91 Å². The predicted octanol–water partition coefficient (Wildman–Crippen LogP) is 3.23. The molecule has 24 heavy (non-hydrogen) atoms. The fraction of sp³-hybridized carbons (Fsp3) is 0.529. The van der Waals surface area contributed by atoms with Gasteiger partial charge < -0.3 is 16.0 Å². The Kier molecular flexibility index (Phi) is 8.53. The lowest BCUT2D eigenvalue weighted by atomic mass is 10.0. The number of carbonyl (C=O) groups excluding carboxylic acids is 2. The largest absolute Gasteiger partial charge is 0.350 e. The lowest BCUT2D eigenvalue weighted by Gasteiger charge is -2.14. The molecule has 1 unspecified atom stereocenters. The highest BCUT2D eigenvalue weighted by Crippen LogP contribution is 2.22. The van der Waals surface area contributed by atoms with Crippen molar-refractivity contribution in [1.29, 1.82) is 0 Å². The monoisotopic (exact) mass is 373 g/mol. The number of amides is 2. The number of carbonyl (C=O) groups is 2. The third-order valence-corrected chi connectivity index (χ3v) is 4.10. The first-order valence-corrected chi connectivity index (χ1v) is 8.44. The molecule has 1 heterocycles. The van der Waals surface area contributed by atoms with Crippen LogP contribution in [-0.4, -0.2) is 30.9 Å². The number of benzene rings is 1. The molecular formula is C17H25Cl2N3O2. The number of hydrogen-bond acceptors (Lipinski definition) is 3. The van der Waals surface area contributed by atoms with Crippen LogP contribution < -0.4 is 16.0 Å². The minimum Gasteiger partial charge on any atom is -0.350 e. The van der Waals surface area contributed by atoms with Crippen LogP contribution in [0.25, 0.3) is 0 Å². The zero-order valence-electron chi connectivity index (χ0n) is 14.0. The molecule has 7 heteroatoms. The molecule has 0 spiro atoms. The molecule has 0 radical (unpaired) electrons. The molecule has 1 saturated heterocycles. The topological polar surface area (TPSA) is 70.2 Å². The van der Waals surface area contributed by atoms with Gasteiger partial charge in [-0.3, -0.25) is 9.59 Å². The summed E-state index contributed by atoms with van der Waals surface area (Å²) in [5, 5.41) is 9.43. The number of hydrogen-bond donors (Lipinski definition) is 3. The van der Waals surface area contributed by atoms with Crippen molar-refractivity contribution in [3.63, 3.8) is 0 Å². The molecule has 134 valence electrons. The van der Waals surface area contributed by atoms with E-state index < -0.39 is 0 Å². The Morgan fingerprint density at radius 1 is 1.38 bits per heavy atom. The summed E-state index contributed by atoms with van der Waals surface area (Å²) in [5.41, 5.74) is 0.893. The summed E-state index contributed by atoms with van der Waals surface area (Å²) in [6.07, 6.45) is 2.42. The number of nitrogens with one attached hydrogen (secondary N) is 3. The molecule has 1 aromatic carbocycles. The van der Waals surface area contributed by atoms with E-state index in [9.17, 15) is 9.59 Å². The summed E-state index contributed by atoms with van der Waals surface area (Å²) in [6.45, 7) is 5.79. The molecule has 0 aliphatic carbocycles. The van der Waals surface area contributed by atoms with Crippen molar-refractivity contribution in [3.05, 3.63) is 28.8 Å². The molecule has 1 aliphatic heterocycles. The van der Waals surface area contributed by atoms with Gasteiger partial charge in [0.2, 0.25) is 5.91 Å². The summed E-state index contributed by atoms with van der Waals surface area (Å²) < 4.78 is 0. The zero-order chi connectivity index (χ0) is 16.8. The van der Waals surface area contributed by atoms with E-state index in [1.54, 1.807) is 18.2 Å². The Hall–Kier alpha value is -1.30. The standard InChI is InChI=1S/C17H24ClN3O2.ClH/c1-11(2)20-17(23)14-5-4-13(18)9-15(14)21-16(22)6-3-12-7-8-19-10-12;/h4-5,9,11-12,19H,3,6-8,10H2,1-2H3,(H,20,23)(H,21,22);1H. The summed E-state index contributed by atoms with van der Waals surface area (Å²) in [4.78, 5) is 24.4. The molecule has 1 fully saturated rings. The van der Waals surface area contributed by atoms with Crippen molar-refractivity contribution < 1.29 is 9.59 Å². The van der Waals surface area contributed by atoms with Crippen molar-refractivity contribution in [3.8, 4) is 0 Å². The van der Waals surface area contributed by atoms with Crippen molar-refractivity contribution in [2.45, 2.75) is 39.2 Å². The Morgan fingerprint density at radius 3 is 2.75 bits per heavy atom. The highest BCUT2D eigenvalue weighted by atomic mass is 35.5. The van der Waals surface area contributed by atoms with Crippen LogP contribution in [0.4, 0.5) is 5.69 Å². The van der Waals surface area contributed by atoms with Gasteiger partial charge in [-0.05, 0) is 63.9 Å². The Labute approximate surface area is 154 Å². The molecule has 1 aliphatic rings. The van der Waals surface area contributed by atoms with Crippen LogP contribution in [0.3, 0.4) is 0 Å². The van der Waals surface area contributed by atoms with Crippen molar-refractivity contribution in [2.75, 3.05) is 18.4 Å². The molecule has 3 N–H and O–H groups in total. The smallest absolute Gasteiger partial charge is 0.253 e. The summed E-state index contributed by atoms with van der Waals surface area (Å²) in [7, 11) is 0. The van der Waals surface area contributed by atoms with E-state index in [0.717, 1.165) is 25.9 Å². The van der Waals surface area contributed by atoms with Crippen molar-refractivity contribution in [1.82, 2.24) is 10.6 Å². The van der Waals surface area contributed by atoms with Gasteiger partial charge in [0.15, 0.2) is 0 Å². The normalized spacial score (nSPS) is 16.6. The first-order valence-electron chi connectivity index (χ1n) is 8.06. The van der Waals surface area contributed by atoms with Crippen LogP contribution in [0, 0.1) is 5.92 Å². The predicted molar refractivity (Wildman–Crippen MR) is 100 cm³/mol. The van der Waals surface area contributed by atoms with E-state index in [0.29, 0.717) is 28.6 Å². The van der Waals surface area contributed by atoms with Gasteiger partial charge in [0.1, 0.15) is 0 Å². The second kappa shape index (κ2) is 9.87. The highest BCUT2D eigenvalue weighted by molar-refractivity contribution is 6.31. The lowest BCUT2D eigenvalue weighted by Crippen LogP contribution is -2.31. The Balaban J connectivity index is 0.00000288. The first kappa shape index (κ1) is 20.7. The molecule has 1 aromatic rings. The minimum absolute atomic E-state index is 0. The van der Waals surface area contributed by atoms with E-state index in [1.165, 1.54) is 0 Å². The number of rotatable bonds is 6. The second-order valence-electron chi connectivity index (χ2n) is 6.26. The zero-order valence-corrected chi connectivity index (χ0v) is 15.6. The van der Waals surface area contributed by atoms with Crippen molar-refractivity contribution in [2.24, 2.45) is 5.92 Å². The minimum atomic E-state index is -0.216. The summed E-state index contributed by atoms with van der Waals surface area (Å²) in [5.74, 6) is 0.258. The van der Waals surface area contributed by atoms with Crippen LogP contribution >= 0.6 is 24.0 Å². The molecule has 2 rings (SSSR count). The summed E-state index contributed by atoms with van der Waals surface area (Å²) in [6, 6.07) is 4.93. The molecular weight excluding hydrogens is 349 g/mol. The molecule has 0 saturated carbocycles. The number of halogens is 2. The SMILES string of the molecule is CC(C)NC(=O)c1ccc(Cl)cc1NC(=O)CCC1CCNC1.Cl. The van der Waals surface area contributed by atoms with Crippen LogP contribution in [0.5, 0.6) is 0 Å². The molecule has 5 nitrogen and oxygen atoms in total. The average Bonchev–Trinajstić information content (AvgIpc) is 2.97. The highest BCUT2D eigenvalue weighted by Gasteiger charge is 2.18. The van der Waals surface area contributed by atoms with E-state index in [4.69, 9.17) is 11.6 Å². The van der Waals surface area contributed by atoms with Gasteiger partial charge in [-0.1, -0.05) is 11.6 Å². The van der Waals surface area contributed by atoms with E-state index in [2.05, 4.69) is 16.0 Å². The molecule has 2 amide bonds. The number of anilines is 1. The van der Waals surface area contributed by atoms with E-state index in [1.807, 2.05) is 13.8 Å². The van der Waals surface area contributed by atoms with Crippen LogP contribution in [0.15, 0.2) is 18.2 Å². The average molecular weight is 374 g/mol. The molecule has 0 aromatic heterocycles. The fourth-order valence-electron chi connectivity index (χ4n) is 2.67. The Bertz CT molecular complexity index is 573. The second-order valence-corrected chi connectivity index (χ2v) is 6.70. The van der Waals surface area contributed by atoms with Gasteiger partial charge in [0.05, 0.1) is 11.3 Å². The molecule has 0 bridgehead atoms. The van der Waals surface area contributed by atoms with Gasteiger partial charge in [-0.15, -0.1) is 12.4 Å². The Morgan fingerprint density at radius 2 is 2.12 bits per heavy atom. The summed E-state index contributed by atoms with van der Waals surface area (Å²) >= 11 is 6.00. The quantitative estimate of drug-likeness (QED) is 0.716. The lowest BCUT2D eigenvalue weighted by molar-refractivity contribution is -0.116. The third-order valence-electron chi connectivity index (χ3n) is 3.86. The van der Waals surface area contributed by atoms with Crippen LogP contribution in [-0.2, 0) is 4.79 Å². The van der Waals surface area contributed by atoms with Gasteiger partial charge >= 0.3 is 0 Å². The van der Waals surface area contributed by atoms with Gasteiger partial charge in [-0.25, -0.2) is 0 Å². The maximum Gasteiger partial charge on any atom is 0.253 e. The van der Waals surface area contributed by atoms with Crippen LogP contribution in [0.2, 0.25) is 5.02 Å². The molecule has 1 atom stereocenters. The van der Waals surface area contributed by atoms with E-state index >= 15 is 0 Å².